The molecule has 3 rings (SSSR count). The van der Waals surface area contributed by atoms with E-state index in [1.165, 1.54) is 11.8 Å². The van der Waals surface area contributed by atoms with Crippen LogP contribution in [0.15, 0.2) is 12.7 Å². The number of nitrogens with zero attached hydrogens (tertiary/aromatic N) is 1. The Kier molecular flexibility index (Phi) is 8.49. The Hall–Kier alpha value is -1.32. The molecule has 3 heterocycles. The van der Waals surface area contributed by atoms with Crippen molar-refractivity contribution in [2.24, 2.45) is 11.8 Å². The highest BCUT2D eigenvalue weighted by Crippen LogP contribution is 2.45. The third-order valence-electron chi connectivity index (χ3n) is 7.65. The minimum atomic E-state index is -1.84. The van der Waals surface area contributed by atoms with Crippen molar-refractivity contribution < 1.29 is 23.5 Å². The van der Waals surface area contributed by atoms with Gasteiger partial charge >= 0.3 is 6.09 Å². The fourth-order valence-corrected chi connectivity index (χ4v) is 9.91. The number of amides is 2. The van der Waals surface area contributed by atoms with Gasteiger partial charge in [-0.2, -0.15) is 0 Å². The second-order valence-corrected chi connectivity index (χ2v) is 15.2. The zero-order valence-electron chi connectivity index (χ0n) is 19.8. The zero-order valence-corrected chi connectivity index (χ0v) is 21.6. The van der Waals surface area contributed by atoms with E-state index in [0.29, 0.717) is 13.0 Å². The van der Waals surface area contributed by atoms with Crippen molar-refractivity contribution in [3.8, 4) is 0 Å². The first-order valence-corrected chi connectivity index (χ1v) is 15.4. The van der Waals surface area contributed by atoms with Crippen LogP contribution in [0.3, 0.4) is 0 Å². The summed E-state index contributed by atoms with van der Waals surface area (Å²) in [7, 11) is -1.84. The molecule has 0 aliphatic carbocycles. The molecule has 6 atom stereocenters. The molecular weight excluding hydrogens is 444 g/mol. The van der Waals surface area contributed by atoms with Gasteiger partial charge < -0.3 is 19.4 Å². The van der Waals surface area contributed by atoms with Crippen molar-refractivity contribution in [2.45, 2.75) is 88.5 Å². The predicted octanol–water partition coefficient (Wildman–Crippen LogP) is 3.95. The summed E-state index contributed by atoms with van der Waals surface area (Å²) in [5.41, 5.74) is 0. The number of nitrogens with one attached hydrogen (secondary N) is 1. The number of hydrogen-bond acceptors (Lipinski definition) is 6. The highest BCUT2D eigenvalue weighted by atomic mass is 32.2. The topological polar surface area (TPSA) is 84.9 Å². The van der Waals surface area contributed by atoms with Crippen molar-refractivity contribution >= 4 is 37.2 Å². The van der Waals surface area contributed by atoms with Crippen LogP contribution in [-0.2, 0) is 18.8 Å². The highest BCUT2D eigenvalue weighted by molar-refractivity contribution is 8.14. The molecule has 2 unspecified atom stereocenters. The molecule has 0 radical (unpaired) electrons. The predicted molar refractivity (Wildman–Crippen MR) is 129 cm³/mol. The van der Waals surface area contributed by atoms with Crippen molar-refractivity contribution in [2.75, 3.05) is 13.2 Å². The fraction of sp³-hybridized carbons (Fsp3) is 0.783. The molecule has 0 aromatic heterocycles. The van der Waals surface area contributed by atoms with Crippen LogP contribution in [-0.4, -0.2) is 66.9 Å². The van der Waals surface area contributed by atoms with Crippen molar-refractivity contribution in [1.29, 1.82) is 0 Å². The summed E-state index contributed by atoms with van der Waals surface area (Å²) < 4.78 is 11.8. The second kappa shape index (κ2) is 10.7. The van der Waals surface area contributed by atoms with E-state index >= 15 is 0 Å². The number of rotatable bonds is 10. The van der Waals surface area contributed by atoms with E-state index in [2.05, 4.69) is 32.7 Å². The molecule has 7 nitrogen and oxygen atoms in total. The van der Waals surface area contributed by atoms with Crippen LogP contribution in [0.2, 0.25) is 18.1 Å². The number of thioether (sulfide) groups is 1. The van der Waals surface area contributed by atoms with Crippen LogP contribution < -0.4 is 5.32 Å². The van der Waals surface area contributed by atoms with Gasteiger partial charge in [0.15, 0.2) is 13.4 Å². The molecule has 0 aromatic carbocycles. The lowest BCUT2D eigenvalue weighted by Crippen LogP contribution is -2.66. The van der Waals surface area contributed by atoms with E-state index in [-0.39, 0.29) is 59.0 Å². The normalized spacial score (nSPS) is 31.2. The smallest absolute Gasteiger partial charge is 0.410 e. The number of likely N-dealkylation sites (tertiary alicyclic amines) is 1. The molecule has 0 bridgehead atoms. The third-order valence-corrected chi connectivity index (χ3v) is 13.7. The Labute approximate surface area is 197 Å². The van der Waals surface area contributed by atoms with Gasteiger partial charge in [0.05, 0.1) is 24.0 Å². The monoisotopic (exact) mass is 482 g/mol. The molecule has 9 heteroatoms. The summed E-state index contributed by atoms with van der Waals surface area (Å²) >= 11 is 1.34. The van der Waals surface area contributed by atoms with Crippen molar-refractivity contribution in [3.05, 3.63) is 12.7 Å². The summed E-state index contributed by atoms with van der Waals surface area (Å²) in [5, 5.41) is 3.16. The first-order valence-electron chi connectivity index (χ1n) is 12.0. The Morgan fingerprint density at radius 3 is 2.59 bits per heavy atom. The van der Waals surface area contributed by atoms with E-state index in [4.69, 9.17) is 9.16 Å². The first kappa shape index (κ1) is 25.3. The number of carbonyl (C=O) groups is 3. The third kappa shape index (κ3) is 4.94. The molecule has 3 saturated heterocycles. The van der Waals surface area contributed by atoms with Crippen LogP contribution in [0.5, 0.6) is 0 Å². The molecule has 3 aliphatic heterocycles. The SMILES string of the molecule is C=CCOC(=O)N1CCC[C@H]1C1CC([C@H]2NC(=O)[C@@H]2[C@@H](C)O[Si](CC)(CC)CC)C(=O)S1. The van der Waals surface area contributed by atoms with Gasteiger partial charge in [-0.25, -0.2) is 4.79 Å². The summed E-state index contributed by atoms with van der Waals surface area (Å²) in [6, 6.07) is 2.91. The minimum absolute atomic E-state index is 0.00509. The molecule has 32 heavy (non-hydrogen) atoms. The second-order valence-electron chi connectivity index (χ2n) is 9.21. The summed E-state index contributed by atoms with van der Waals surface area (Å²) in [6.45, 7) is 13.0. The number of ether oxygens (including phenoxy) is 1. The Balaban J connectivity index is 1.66. The van der Waals surface area contributed by atoms with Crippen LogP contribution in [0, 0.1) is 11.8 Å². The molecule has 0 spiro atoms. The maximum absolute atomic E-state index is 13.0. The molecule has 0 aromatic rings. The molecule has 3 aliphatic rings. The van der Waals surface area contributed by atoms with Crippen molar-refractivity contribution in [1.82, 2.24) is 10.2 Å². The largest absolute Gasteiger partial charge is 0.445 e. The van der Waals surface area contributed by atoms with Crippen molar-refractivity contribution in [3.63, 3.8) is 0 Å². The van der Waals surface area contributed by atoms with Crippen LogP contribution in [0.25, 0.3) is 0 Å². The zero-order chi connectivity index (χ0) is 23.5. The highest BCUT2D eigenvalue weighted by Gasteiger charge is 2.54. The summed E-state index contributed by atoms with van der Waals surface area (Å²) in [6.07, 6.45) is 3.50. The average Bonchev–Trinajstić information content (AvgIpc) is 3.40. The maximum Gasteiger partial charge on any atom is 0.410 e. The first-order chi connectivity index (χ1) is 15.3. The van der Waals surface area contributed by atoms with Gasteiger partial charge in [0, 0.05) is 17.8 Å². The van der Waals surface area contributed by atoms with E-state index < -0.39 is 8.32 Å². The molecule has 3 fully saturated rings. The minimum Gasteiger partial charge on any atom is -0.445 e. The molecule has 180 valence electrons. The molecule has 0 saturated carbocycles. The summed E-state index contributed by atoms with van der Waals surface area (Å²) in [5.74, 6) is -0.520. The Morgan fingerprint density at radius 2 is 2.00 bits per heavy atom. The van der Waals surface area contributed by atoms with Gasteiger partial charge in [-0.15, -0.1) is 0 Å². The lowest BCUT2D eigenvalue weighted by molar-refractivity contribution is -0.143. The van der Waals surface area contributed by atoms with E-state index in [0.717, 1.165) is 31.0 Å². The molecular formula is C23H38N2O5SSi. The quantitative estimate of drug-likeness (QED) is 0.288. The Morgan fingerprint density at radius 1 is 1.31 bits per heavy atom. The summed E-state index contributed by atoms with van der Waals surface area (Å²) in [4.78, 5) is 39.7. The van der Waals surface area contributed by atoms with Gasteiger partial charge in [-0.05, 0) is 44.3 Å². The number of hydrogen-bond donors (Lipinski definition) is 1. The average molecular weight is 483 g/mol. The van der Waals surface area contributed by atoms with Gasteiger partial charge in [-0.1, -0.05) is 45.2 Å². The molecule has 1 N–H and O–H groups in total. The number of β-lactam (4-membered cyclic amide) rings is 1. The standard InChI is InChI=1S/C23H38N2O5SSi/c1-6-13-29-23(28)25-12-10-11-17(25)18-14-16(22(27)31-18)20-19(21(26)24-20)15(5)30-32(7-2,8-3)9-4/h6,15-20H,1,7-14H2,2-5H3,(H,24,26)/t15-,16?,17+,18?,19-,20-/m1/s1. The van der Waals surface area contributed by atoms with Crippen LogP contribution in [0.1, 0.15) is 47.0 Å². The van der Waals surface area contributed by atoms with E-state index in [1.54, 1.807) is 11.0 Å². The van der Waals surface area contributed by atoms with Gasteiger partial charge in [0.1, 0.15) is 6.61 Å². The fourth-order valence-electron chi connectivity index (χ4n) is 5.52. The maximum atomic E-state index is 13.0. The van der Waals surface area contributed by atoms with Gasteiger partial charge in [0.25, 0.3) is 0 Å². The van der Waals surface area contributed by atoms with Crippen LogP contribution >= 0.6 is 11.8 Å². The van der Waals surface area contributed by atoms with E-state index in [9.17, 15) is 14.4 Å². The van der Waals surface area contributed by atoms with Gasteiger partial charge in [0.2, 0.25) is 5.91 Å². The molecule has 2 amide bonds. The Bertz CT molecular complexity index is 723. The van der Waals surface area contributed by atoms with Crippen LogP contribution in [0.4, 0.5) is 4.79 Å². The van der Waals surface area contributed by atoms with E-state index in [1.807, 2.05) is 6.92 Å². The lowest BCUT2D eigenvalue weighted by Gasteiger charge is -2.45. The van der Waals surface area contributed by atoms with Gasteiger partial charge in [-0.3, -0.25) is 9.59 Å². The number of carbonyl (C=O) groups excluding carboxylic acids is 3. The lowest BCUT2D eigenvalue weighted by atomic mass is 9.76.